The molecule has 5 nitrogen and oxygen atoms in total. The lowest BCUT2D eigenvalue weighted by Crippen LogP contribution is -2.47. The van der Waals surface area contributed by atoms with Gasteiger partial charge in [0.1, 0.15) is 5.75 Å². The summed E-state index contributed by atoms with van der Waals surface area (Å²) in [5.41, 5.74) is 1.11. The first-order chi connectivity index (χ1) is 12.0. The molecule has 1 aliphatic carbocycles. The SMILES string of the molecule is CO[C@@H]1CCC[C@]12CCCN(Cc1c(Cl)ccc(O)c1Cl)C2.O=CO. The third-order valence-corrected chi connectivity index (χ3v) is 6.12. The lowest BCUT2D eigenvalue weighted by Gasteiger charge is -2.43. The lowest BCUT2D eigenvalue weighted by molar-refractivity contribution is -0.122. The zero-order chi connectivity index (χ0) is 18.4. The van der Waals surface area contributed by atoms with Gasteiger partial charge in [0.15, 0.2) is 0 Å². The fourth-order valence-corrected chi connectivity index (χ4v) is 4.78. The van der Waals surface area contributed by atoms with E-state index < -0.39 is 0 Å². The number of aromatic hydroxyl groups is 1. The maximum absolute atomic E-state index is 9.81. The maximum atomic E-state index is 9.81. The molecule has 0 unspecified atom stereocenters. The second-order valence-electron chi connectivity index (χ2n) is 6.76. The molecule has 2 N–H and O–H groups in total. The molecule has 25 heavy (non-hydrogen) atoms. The minimum Gasteiger partial charge on any atom is -0.506 e. The van der Waals surface area contributed by atoms with Crippen LogP contribution in [-0.2, 0) is 16.1 Å². The molecule has 0 aromatic heterocycles. The largest absolute Gasteiger partial charge is 0.506 e. The minimum absolute atomic E-state index is 0.100. The quantitative estimate of drug-likeness (QED) is 0.758. The van der Waals surface area contributed by atoms with Crippen LogP contribution in [0, 0.1) is 5.41 Å². The molecule has 0 bridgehead atoms. The van der Waals surface area contributed by atoms with Gasteiger partial charge in [-0.3, -0.25) is 9.69 Å². The first kappa shape index (κ1) is 20.3. The number of likely N-dealkylation sites (tertiary alicyclic amines) is 1. The Bertz CT molecular complexity index is 599. The monoisotopic (exact) mass is 389 g/mol. The zero-order valence-corrected chi connectivity index (χ0v) is 15.9. The van der Waals surface area contributed by atoms with E-state index in [1.807, 2.05) is 7.11 Å². The van der Waals surface area contributed by atoms with Crippen LogP contribution in [0.2, 0.25) is 10.0 Å². The van der Waals surface area contributed by atoms with Crippen molar-refractivity contribution >= 4 is 29.7 Å². The summed E-state index contributed by atoms with van der Waals surface area (Å²) in [7, 11) is 1.83. The Morgan fingerprint density at radius 1 is 1.36 bits per heavy atom. The third kappa shape index (κ3) is 4.59. The summed E-state index contributed by atoms with van der Waals surface area (Å²) in [6.45, 7) is 2.50. The van der Waals surface area contributed by atoms with Crippen LogP contribution in [-0.4, -0.2) is 47.9 Å². The van der Waals surface area contributed by atoms with Crippen LogP contribution in [0.5, 0.6) is 5.75 Å². The van der Waals surface area contributed by atoms with E-state index in [0.29, 0.717) is 22.7 Å². The van der Waals surface area contributed by atoms with Crippen LogP contribution < -0.4 is 0 Å². The van der Waals surface area contributed by atoms with Gasteiger partial charge in [0.05, 0.1) is 11.1 Å². The van der Waals surface area contributed by atoms with Gasteiger partial charge in [-0.15, -0.1) is 0 Å². The van der Waals surface area contributed by atoms with Gasteiger partial charge in [0.25, 0.3) is 6.47 Å². The van der Waals surface area contributed by atoms with Crippen LogP contribution in [0.3, 0.4) is 0 Å². The molecule has 1 saturated heterocycles. The Morgan fingerprint density at radius 3 is 2.72 bits per heavy atom. The number of piperidine rings is 1. The molecule has 1 aromatic rings. The maximum Gasteiger partial charge on any atom is 0.290 e. The summed E-state index contributed by atoms with van der Waals surface area (Å²) in [6, 6.07) is 3.26. The van der Waals surface area contributed by atoms with E-state index in [1.54, 1.807) is 12.1 Å². The number of benzene rings is 1. The summed E-state index contributed by atoms with van der Waals surface area (Å²) >= 11 is 12.5. The highest BCUT2D eigenvalue weighted by molar-refractivity contribution is 6.36. The fourth-order valence-electron chi connectivity index (χ4n) is 4.29. The Morgan fingerprint density at radius 2 is 2.04 bits per heavy atom. The average Bonchev–Trinajstić information content (AvgIpc) is 2.98. The van der Waals surface area contributed by atoms with Gasteiger partial charge in [0.2, 0.25) is 0 Å². The molecule has 1 aromatic carbocycles. The molecule has 1 spiro atoms. The summed E-state index contributed by atoms with van der Waals surface area (Å²) < 4.78 is 5.75. The average molecular weight is 390 g/mol. The molecule has 0 radical (unpaired) electrons. The van der Waals surface area contributed by atoms with Crippen molar-refractivity contribution in [3.63, 3.8) is 0 Å². The van der Waals surface area contributed by atoms with E-state index in [4.69, 9.17) is 37.8 Å². The standard InChI is InChI=1S/C17H23Cl2NO2.CH2O2/c1-22-15-4-2-7-17(15)8-3-9-20(11-17)10-12-13(18)5-6-14(21)16(12)19;2-1-3/h5-6,15,21H,2-4,7-11H2,1H3;1H,(H,2,3)/t15-,17-;/m1./s1. The summed E-state index contributed by atoms with van der Waals surface area (Å²) in [6.07, 6.45) is 6.43. The van der Waals surface area contributed by atoms with E-state index in [1.165, 1.54) is 25.7 Å². The van der Waals surface area contributed by atoms with Crippen LogP contribution in [0.25, 0.3) is 0 Å². The van der Waals surface area contributed by atoms with Gasteiger partial charge in [-0.1, -0.05) is 29.6 Å². The highest BCUT2D eigenvalue weighted by Gasteiger charge is 2.45. The highest BCUT2D eigenvalue weighted by Crippen LogP contribution is 2.47. The van der Waals surface area contributed by atoms with Crippen molar-refractivity contribution in [2.24, 2.45) is 5.41 Å². The van der Waals surface area contributed by atoms with Crippen LogP contribution in [0.1, 0.15) is 37.7 Å². The van der Waals surface area contributed by atoms with Crippen LogP contribution in [0.15, 0.2) is 12.1 Å². The number of methoxy groups -OCH3 is 1. The number of hydrogen-bond donors (Lipinski definition) is 2. The van der Waals surface area contributed by atoms with Gasteiger partial charge in [-0.25, -0.2) is 0 Å². The van der Waals surface area contributed by atoms with Gasteiger partial charge in [-0.05, 0) is 44.4 Å². The second kappa shape index (κ2) is 9.08. The molecular formula is C18H25Cl2NO4. The number of carboxylic acid groups (broad SMARTS) is 1. The smallest absolute Gasteiger partial charge is 0.290 e. The number of phenolic OH excluding ortho intramolecular Hbond substituents is 1. The van der Waals surface area contributed by atoms with Crippen LogP contribution >= 0.6 is 23.2 Å². The molecule has 1 saturated carbocycles. The minimum atomic E-state index is -0.250. The normalized spacial score (nSPS) is 26.3. The first-order valence-corrected chi connectivity index (χ1v) is 9.22. The summed E-state index contributed by atoms with van der Waals surface area (Å²) in [5.74, 6) is 0.100. The predicted octanol–water partition coefficient (Wildman–Crippen LogP) is 4.18. The molecular weight excluding hydrogens is 365 g/mol. The number of phenols is 1. The van der Waals surface area contributed by atoms with Crippen LogP contribution in [0.4, 0.5) is 0 Å². The number of ether oxygens (including phenoxy) is 1. The second-order valence-corrected chi connectivity index (χ2v) is 7.54. The first-order valence-electron chi connectivity index (χ1n) is 8.46. The number of carbonyl (C=O) groups is 1. The van der Waals surface area contributed by atoms with Gasteiger partial charge in [0, 0.05) is 36.2 Å². The molecule has 2 atom stereocenters. The summed E-state index contributed by atoms with van der Waals surface area (Å²) in [4.78, 5) is 10.8. The van der Waals surface area contributed by atoms with Gasteiger partial charge >= 0.3 is 0 Å². The summed E-state index contributed by atoms with van der Waals surface area (Å²) in [5, 5.41) is 17.7. The Labute approximate surface area is 158 Å². The predicted molar refractivity (Wildman–Crippen MR) is 98.4 cm³/mol. The molecule has 7 heteroatoms. The lowest BCUT2D eigenvalue weighted by atomic mass is 9.76. The van der Waals surface area contributed by atoms with Gasteiger partial charge < -0.3 is 14.9 Å². The van der Waals surface area contributed by atoms with Crippen molar-refractivity contribution in [2.75, 3.05) is 20.2 Å². The van der Waals surface area contributed by atoms with Crippen molar-refractivity contribution in [3.8, 4) is 5.75 Å². The van der Waals surface area contributed by atoms with Crippen molar-refractivity contribution in [1.82, 2.24) is 4.90 Å². The highest BCUT2D eigenvalue weighted by atomic mass is 35.5. The number of nitrogens with zero attached hydrogens (tertiary/aromatic N) is 1. The van der Waals surface area contributed by atoms with E-state index in [-0.39, 0.29) is 17.6 Å². The van der Waals surface area contributed by atoms with Gasteiger partial charge in [-0.2, -0.15) is 0 Å². The van der Waals surface area contributed by atoms with Crippen molar-refractivity contribution < 1.29 is 19.7 Å². The number of hydrogen-bond acceptors (Lipinski definition) is 4. The molecule has 2 fully saturated rings. The molecule has 1 heterocycles. The van der Waals surface area contributed by atoms with Crippen molar-refractivity contribution in [3.05, 3.63) is 27.7 Å². The zero-order valence-electron chi connectivity index (χ0n) is 14.4. The third-order valence-electron chi connectivity index (χ3n) is 5.34. The Hall–Kier alpha value is -1.01. The van der Waals surface area contributed by atoms with E-state index in [0.717, 1.165) is 25.1 Å². The van der Waals surface area contributed by atoms with E-state index >= 15 is 0 Å². The molecule has 140 valence electrons. The van der Waals surface area contributed by atoms with E-state index in [2.05, 4.69) is 4.90 Å². The Balaban J connectivity index is 0.000000701. The van der Waals surface area contributed by atoms with Crippen molar-refractivity contribution in [1.29, 1.82) is 0 Å². The molecule has 1 aliphatic heterocycles. The fraction of sp³-hybridized carbons (Fsp3) is 0.611. The topological polar surface area (TPSA) is 70.0 Å². The molecule has 3 rings (SSSR count). The molecule has 2 aliphatic rings. The number of halogens is 2. The Kier molecular flexibility index (Phi) is 7.37. The molecule has 0 amide bonds. The number of rotatable bonds is 3. The van der Waals surface area contributed by atoms with E-state index in [9.17, 15) is 5.11 Å². The van der Waals surface area contributed by atoms with Crippen molar-refractivity contribution in [2.45, 2.75) is 44.8 Å².